The number of halogens is 4. The van der Waals surface area contributed by atoms with E-state index in [1.54, 1.807) is 6.07 Å². The van der Waals surface area contributed by atoms with Gasteiger partial charge in [-0.15, -0.1) is 0 Å². The van der Waals surface area contributed by atoms with Gasteiger partial charge in [-0.05, 0) is 36.5 Å². The zero-order chi connectivity index (χ0) is 14.9. The lowest BCUT2D eigenvalue weighted by Crippen LogP contribution is -2.18. The Hall–Kier alpha value is -1.80. The number of alkyl halides is 3. The van der Waals surface area contributed by atoms with Crippen molar-refractivity contribution in [2.45, 2.75) is 6.18 Å². The molecule has 3 N–H and O–H groups in total. The number of hydrogen-bond donors (Lipinski definition) is 2. The van der Waals surface area contributed by atoms with Crippen LogP contribution in [0.4, 0.5) is 18.9 Å². The van der Waals surface area contributed by atoms with Gasteiger partial charge in [-0.25, -0.2) is 4.68 Å². The summed E-state index contributed by atoms with van der Waals surface area (Å²) in [5.74, 6) is 0. The number of benzene rings is 1. The van der Waals surface area contributed by atoms with Crippen LogP contribution in [0.1, 0.15) is 5.69 Å². The average molecular weight is 321 g/mol. The summed E-state index contributed by atoms with van der Waals surface area (Å²) in [5, 5.41) is 6.38. The predicted molar refractivity (Wildman–Crippen MR) is 74.0 cm³/mol. The van der Waals surface area contributed by atoms with Crippen molar-refractivity contribution in [2.24, 2.45) is 5.73 Å². The number of aromatic nitrogens is 2. The lowest BCUT2D eigenvalue weighted by Gasteiger charge is -2.08. The van der Waals surface area contributed by atoms with E-state index in [1.165, 1.54) is 18.3 Å². The van der Waals surface area contributed by atoms with Crippen LogP contribution < -0.4 is 11.1 Å². The van der Waals surface area contributed by atoms with Gasteiger partial charge in [0, 0.05) is 11.9 Å². The van der Waals surface area contributed by atoms with E-state index in [1.807, 2.05) is 0 Å². The molecule has 0 saturated carbocycles. The molecule has 20 heavy (non-hydrogen) atoms. The van der Waals surface area contributed by atoms with Gasteiger partial charge in [-0.1, -0.05) is 11.6 Å². The predicted octanol–water partition coefficient (Wildman–Crippen LogP) is 3.20. The van der Waals surface area contributed by atoms with Gasteiger partial charge < -0.3 is 11.1 Å². The van der Waals surface area contributed by atoms with Crippen molar-refractivity contribution in [3.63, 3.8) is 0 Å². The largest absolute Gasteiger partial charge is 0.435 e. The molecule has 9 heteroatoms. The molecule has 0 spiro atoms. The molecule has 0 aliphatic rings. The number of anilines is 1. The molecule has 4 nitrogen and oxygen atoms in total. The van der Waals surface area contributed by atoms with Crippen LogP contribution in [-0.4, -0.2) is 14.9 Å². The Labute approximate surface area is 122 Å². The van der Waals surface area contributed by atoms with Crippen molar-refractivity contribution in [3.05, 3.63) is 41.2 Å². The number of nitrogens with two attached hydrogens (primary N) is 1. The van der Waals surface area contributed by atoms with Crippen LogP contribution in [0.3, 0.4) is 0 Å². The molecule has 0 aliphatic heterocycles. The zero-order valence-electron chi connectivity index (χ0n) is 9.78. The van der Waals surface area contributed by atoms with Gasteiger partial charge in [0.05, 0.1) is 10.7 Å². The van der Waals surface area contributed by atoms with Gasteiger partial charge >= 0.3 is 6.18 Å². The van der Waals surface area contributed by atoms with Crippen molar-refractivity contribution in [1.82, 2.24) is 9.78 Å². The molecule has 2 aromatic rings. The van der Waals surface area contributed by atoms with Crippen molar-refractivity contribution in [2.75, 3.05) is 5.32 Å². The highest BCUT2D eigenvalue weighted by Gasteiger charge is 2.33. The minimum atomic E-state index is -4.50. The van der Waals surface area contributed by atoms with Crippen molar-refractivity contribution >= 4 is 34.6 Å². The summed E-state index contributed by atoms with van der Waals surface area (Å²) in [7, 11) is 0. The van der Waals surface area contributed by atoms with Crippen LogP contribution >= 0.6 is 23.8 Å². The van der Waals surface area contributed by atoms with E-state index in [-0.39, 0.29) is 10.1 Å². The Morgan fingerprint density at radius 3 is 2.55 bits per heavy atom. The van der Waals surface area contributed by atoms with Gasteiger partial charge in [0.15, 0.2) is 10.8 Å². The van der Waals surface area contributed by atoms with Crippen LogP contribution in [0.2, 0.25) is 5.02 Å². The van der Waals surface area contributed by atoms with E-state index in [4.69, 9.17) is 17.3 Å². The molecule has 0 bridgehead atoms. The standard InChI is InChI=1S/C11H8ClF3N4S/c12-7-5-6(17-10(16)20)1-2-8(7)19-4-3-9(18-19)11(13,14)15/h1-5H,(H3,16,17,20). The third-order valence-corrected chi connectivity index (χ3v) is 2.75. The Morgan fingerprint density at radius 2 is 2.05 bits per heavy atom. The third kappa shape index (κ3) is 3.20. The lowest BCUT2D eigenvalue weighted by atomic mass is 10.3. The molecule has 0 saturated heterocycles. The third-order valence-electron chi connectivity index (χ3n) is 2.34. The maximum absolute atomic E-state index is 12.5. The molecule has 0 fully saturated rings. The van der Waals surface area contributed by atoms with Crippen LogP contribution in [-0.2, 0) is 6.18 Å². The molecule has 1 aromatic carbocycles. The smallest absolute Gasteiger partial charge is 0.376 e. The number of thiocarbonyl (C=S) groups is 1. The second-order valence-electron chi connectivity index (χ2n) is 3.80. The van der Waals surface area contributed by atoms with Gasteiger partial charge in [-0.2, -0.15) is 18.3 Å². The van der Waals surface area contributed by atoms with Crippen molar-refractivity contribution < 1.29 is 13.2 Å². The van der Waals surface area contributed by atoms with Crippen LogP contribution in [0.25, 0.3) is 5.69 Å². The van der Waals surface area contributed by atoms with E-state index >= 15 is 0 Å². The van der Waals surface area contributed by atoms with Crippen molar-refractivity contribution in [3.8, 4) is 5.69 Å². The summed E-state index contributed by atoms with van der Waals surface area (Å²) in [4.78, 5) is 0. The summed E-state index contributed by atoms with van der Waals surface area (Å²) in [5.41, 5.74) is 5.17. The highest BCUT2D eigenvalue weighted by atomic mass is 35.5. The Balaban J connectivity index is 2.34. The molecule has 0 unspecified atom stereocenters. The quantitative estimate of drug-likeness (QED) is 0.834. The average Bonchev–Trinajstić information content (AvgIpc) is 2.77. The van der Waals surface area contributed by atoms with Crippen LogP contribution in [0.15, 0.2) is 30.5 Å². The minimum absolute atomic E-state index is 0.0623. The topological polar surface area (TPSA) is 55.9 Å². The highest BCUT2D eigenvalue weighted by Crippen LogP contribution is 2.29. The summed E-state index contributed by atoms with van der Waals surface area (Å²) in [6.07, 6.45) is -3.31. The number of nitrogens with zero attached hydrogens (tertiary/aromatic N) is 2. The fourth-order valence-corrected chi connectivity index (χ4v) is 1.91. The normalized spacial score (nSPS) is 11.4. The molecule has 1 heterocycles. The summed E-state index contributed by atoms with van der Waals surface area (Å²) in [6.45, 7) is 0. The first-order chi connectivity index (χ1) is 9.27. The number of rotatable bonds is 2. The molecular weight excluding hydrogens is 313 g/mol. The molecule has 0 atom stereocenters. The molecule has 1 aromatic heterocycles. The molecule has 106 valence electrons. The first-order valence-electron chi connectivity index (χ1n) is 5.26. The minimum Gasteiger partial charge on any atom is -0.376 e. The summed E-state index contributed by atoms with van der Waals surface area (Å²) in [6, 6.07) is 5.45. The van der Waals surface area contributed by atoms with Gasteiger partial charge in [-0.3, -0.25) is 0 Å². The molecule has 0 radical (unpaired) electrons. The van der Waals surface area contributed by atoms with Crippen LogP contribution in [0, 0.1) is 0 Å². The fourth-order valence-electron chi connectivity index (χ4n) is 1.52. The molecule has 0 amide bonds. The Morgan fingerprint density at radius 1 is 1.35 bits per heavy atom. The van der Waals surface area contributed by atoms with E-state index in [9.17, 15) is 13.2 Å². The van der Waals surface area contributed by atoms with E-state index < -0.39 is 11.9 Å². The molecule has 0 aliphatic carbocycles. The fraction of sp³-hybridized carbons (Fsp3) is 0.0909. The number of hydrogen-bond acceptors (Lipinski definition) is 2. The molecular formula is C11H8ClF3N4S. The van der Waals surface area contributed by atoms with Gasteiger partial charge in [0.2, 0.25) is 0 Å². The van der Waals surface area contributed by atoms with Gasteiger partial charge in [0.25, 0.3) is 0 Å². The summed E-state index contributed by atoms with van der Waals surface area (Å²) < 4.78 is 38.5. The lowest BCUT2D eigenvalue weighted by molar-refractivity contribution is -0.141. The van der Waals surface area contributed by atoms with E-state index in [0.29, 0.717) is 11.4 Å². The van der Waals surface area contributed by atoms with Crippen LogP contribution in [0.5, 0.6) is 0 Å². The summed E-state index contributed by atoms with van der Waals surface area (Å²) >= 11 is 10.7. The second kappa shape index (κ2) is 5.29. The highest BCUT2D eigenvalue weighted by molar-refractivity contribution is 7.80. The first kappa shape index (κ1) is 14.6. The number of nitrogens with one attached hydrogen (secondary N) is 1. The van der Waals surface area contributed by atoms with E-state index in [2.05, 4.69) is 22.6 Å². The Bertz CT molecular complexity index is 653. The maximum Gasteiger partial charge on any atom is 0.435 e. The molecule has 2 rings (SSSR count). The monoisotopic (exact) mass is 320 g/mol. The maximum atomic E-state index is 12.5. The Kier molecular flexibility index (Phi) is 3.87. The second-order valence-corrected chi connectivity index (χ2v) is 4.65. The SMILES string of the molecule is NC(=S)Nc1ccc(-n2ccc(C(F)(F)F)n2)c(Cl)c1. The first-order valence-corrected chi connectivity index (χ1v) is 6.05. The zero-order valence-corrected chi connectivity index (χ0v) is 11.4. The van der Waals surface area contributed by atoms with Gasteiger partial charge in [0.1, 0.15) is 0 Å². The van der Waals surface area contributed by atoms with E-state index in [0.717, 1.165) is 10.7 Å². The van der Waals surface area contributed by atoms with Crippen molar-refractivity contribution in [1.29, 1.82) is 0 Å².